The van der Waals surface area contributed by atoms with E-state index in [9.17, 15) is 15.0 Å². The molecule has 226 valence electrons. The van der Waals surface area contributed by atoms with Crippen LogP contribution < -0.4 is 0 Å². The standard InChI is InChI=1S/C37H54O4/c1-24(2)26-14-19-37(32(40)41-22-25-10-8-7-9-11-25)21-20-35(5)27(31(26)37)12-13-29-33(3)17-16-30(39)34(4,23-38)28(33)15-18-36(29,35)6/h7-11,26-31,38-39H,1,12-23H2,2-6H3/t26-,27?,28+,29?,30-,31+,33-,34-,35+,36+,37-/m0/s1. The summed E-state index contributed by atoms with van der Waals surface area (Å²) in [4.78, 5) is 14.2. The Morgan fingerprint density at radius 3 is 2.32 bits per heavy atom. The van der Waals surface area contributed by atoms with Gasteiger partial charge in [-0.15, -0.1) is 0 Å². The van der Waals surface area contributed by atoms with Crippen LogP contribution in [-0.2, 0) is 16.1 Å². The number of hydrogen-bond donors (Lipinski definition) is 2. The van der Waals surface area contributed by atoms with Crippen LogP contribution >= 0.6 is 0 Å². The number of ether oxygens (including phenoxy) is 1. The van der Waals surface area contributed by atoms with E-state index in [1.807, 2.05) is 30.3 Å². The van der Waals surface area contributed by atoms with Crippen LogP contribution in [0.4, 0.5) is 0 Å². The molecule has 6 rings (SSSR count). The number of hydrogen-bond acceptors (Lipinski definition) is 4. The molecular weight excluding hydrogens is 508 g/mol. The SMILES string of the molecule is C=C(C)[C@@H]1CC[C@]2(C(=O)OCc3ccccc3)CC[C@]3(C)C(CCC4[C@@]5(C)CC[C@H](O)[C@@](C)(CO)[C@@H]5CC[C@]43C)[C@@H]12. The number of benzene rings is 1. The third-order valence-corrected chi connectivity index (χ3v) is 14.8. The zero-order valence-electron chi connectivity index (χ0n) is 26.3. The molecule has 0 spiro atoms. The minimum Gasteiger partial charge on any atom is -0.460 e. The van der Waals surface area contributed by atoms with Crippen LogP contribution in [0.5, 0.6) is 0 Å². The number of fused-ring (bicyclic) bond motifs is 7. The minimum absolute atomic E-state index is 0.0279. The van der Waals surface area contributed by atoms with Gasteiger partial charge in [-0.2, -0.15) is 0 Å². The van der Waals surface area contributed by atoms with Crippen molar-refractivity contribution in [3.05, 3.63) is 48.0 Å². The highest BCUT2D eigenvalue weighted by Crippen LogP contribution is 2.77. The summed E-state index contributed by atoms with van der Waals surface area (Å²) in [5, 5.41) is 21.6. The summed E-state index contributed by atoms with van der Waals surface area (Å²) in [6.45, 7) is 16.9. The van der Waals surface area contributed by atoms with Crippen molar-refractivity contribution in [2.75, 3.05) is 6.61 Å². The van der Waals surface area contributed by atoms with Gasteiger partial charge in [0.15, 0.2) is 0 Å². The molecule has 0 aliphatic heterocycles. The van der Waals surface area contributed by atoms with Crippen molar-refractivity contribution in [3.8, 4) is 0 Å². The molecule has 0 radical (unpaired) electrons. The molecule has 41 heavy (non-hydrogen) atoms. The van der Waals surface area contributed by atoms with Gasteiger partial charge in [-0.05, 0) is 123 Å². The summed E-state index contributed by atoms with van der Waals surface area (Å²) in [6.07, 6.45) is 9.90. The van der Waals surface area contributed by atoms with Gasteiger partial charge < -0.3 is 14.9 Å². The highest BCUT2D eigenvalue weighted by atomic mass is 16.5. The van der Waals surface area contributed by atoms with Gasteiger partial charge in [0.05, 0.1) is 18.1 Å². The Kier molecular flexibility index (Phi) is 7.14. The van der Waals surface area contributed by atoms with Crippen LogP contribution in [0.3, 0.4) is 0 Å². The average molecular weight is 563 g/mol. The zero-order valence-corrected chi connectivity index (χ0v) is 26.3. The molecule has 1 aromatic rings. The van der Waals surface area contributed by atoms with Gasteiger partial charge in [-0.1, -0.05) is 70.2 Å². The zero-order chi connectivity index (χ0) is 29.4. The van der Waals surface area contributed by atoms with E-state index < -0.39 is 16.9 Å². The first-order valence-corrected chi connectivity index (χ1v) is 16.5. The first kappa shape index (κ1) is 29.4. The van der Waals surface area contributed by atoms with E-state index in [2.05, 4.69) is 41.2 Å². The molecule has 5 fully saturated rings. The maximum atomic E-state index is 14.2. The van der Waals surface area contributed by atoms with E-state index in [0.29, 0.717) is 36.2 Å². The third-order valence-electron chi connectivity index (χ3n) is 14.8. The van der Waals surface area contributed by atoms with Crippen LogP contribution in [0.15, 0.2) is 42.5 Å². The number of carbonyl (C=O) groups excluding carboxylic acids is 1. The van der Waals surface area contributed by atoms with E-state index in [0.717, 1.165) is 63.4 Å². The van der Waals surface area contributed by atoms with Gasteiger partial charge in [-0.25, -0.2) is 0 Å². The summed E-state index contributed by atoms with van der Waals surface area (Å²) >= 11 is 0. The molecule has 0 heterocycles. The molecule has 2 unspecified atom stereocenters. The van der Waals surface area contributed by atoms with E-state index in [4.69, 9.17) is 4.74 Å². The molecule has 11 atom stereocenters. The van der Waals surface area contributed by atoms with E-state index >= 15 is 0 Å². The lowest BCUT2D eigenvalue weighted by atomic mass is 9.32. The maximum absolute atomic E-state index is 14.2. The van der Waals surface area contributed by atoms with E-state index in [1.165, 1.54) is 12.0 Å². The Morgan fingerprint density at radius 2 is 1.63 bits per heavy atom. The van der Waals surface area contributed by atoms with Crippen LogP contribution in [0.1, 0.15) is 104 Å². The maximum Gasteiger partial charge on any atom is 0.312 e. The van der Waals surface area contributed by atoms with Crippen LogP contribution in [0.2, 0.25) is 0 Å². The summed E-state index contributed by atoms with van der Waals surface area (Å²) in [7, 11) is 0. The number of rotatable bonds is 5. The van der Waals surface area contributed by atoms with E-state index in [1.54, 1.807) is 0 Å². The monoisotopic (exact) mass is 562 g/mol. The van der Waals surface area contributed by atoms with Gasteiger partial charge in [-0.3, -0.25) is 4.79 Å². The van der Waals surface area contributed by atoms with Gasteiger partial charge in [0, 0.05) is 5.41 Å². The lowest BCUT2D eigenvalue weighted by Gasteiger charge is -2.72. The topological polar surface area (TPSA) is 66.8 Å². The van der Waals surface area contributed by atoms with E-state index in [-0.39, 0.29) is 28.8 Å². The molecule has 0 saturated heterocycles. The fourth-order valence-corrected chi connectivity index (χ4v) is 12.4. The molecule has 4 heteroatoms. The molecule has 5 saturated carbocycles. The number of esters is 1. The molecule has 2 N–H and O–H groups in total. The van der Waals surface area contributed by atoms with Crippen molar-refractivity contribution in [3.63, 3.8) is 0 Å². The molecule has 1 aromatic carbocycles. The van der Waals surface area contributed by atoms with Gasteiger partial charge >= 0.3 is 5.97 Å². The second kappa shape index (κ2) is 9.94. The molecule has 5 aliphatic rings. The molecular formula is C37H54O4. The predicted molar refractivity (Wildman–Crippen MR) is 163 cm³/mol. The Bertz CT molecular complexity index is 1180. The Labute approximate surface area is 248 Å². The quantitative estimate of drug-likeness (QED) is 0.285. The van der Waals surface area contributed by atoms with Crippen molar-refractivity contribution in [1.29, 1.82) is 0 Å². The third kappa shape index (κ3) is 3.94. The van der Waals surface area contributed by atoms with Crippen molar-refractivity contribution < 1.29 is 19.7 Å². The Balaban J connectivity index is 1.34. The normalized spacial score (nSPS) is 48.8. The number of carbonyl (C=O) groups is 1. The van der Waals surface area contributed by atoms with Gasteiger partial charge in [0.2, 0.25) is 0 Å². The second-order valence-electron chi connectivity index (χ2n) is 16.1. The Morgan fingerprint density at radius 1 is 0.902 bits per heavy atom. The molecule has 0 aromatic heterocycles. The molecule has 0 bridgehead atoms. The molecule has 5 aliphatic carbocycles. The molecule has 4 nitrogen and oxygen atoms in total. The summed E-state index contributed by atoms with van der Waals surface area (Å²) < 4.78 is 6.16. The fraction of sp³-hybridized carbons (Fsp3) is 0.757. The van der Waals surface area contributed by atoms with Crippen LogP contribution in [0, 0.1) is 56.7 Å². The fourth-order valence-electron chi connectivity index (χ4n) is 12.4. The van der Waals surface area contributed by atoms with Crippen molar-refractivity contribution in [2.24, 2.45) is 56.7 Å². The smallest absolute Gasteiger partial charge is 0.312 e. The van der Waals surface area contributed by atoms with Gasteiger partial charge in [0.25, 0.3) is 0 Å². The summed E-state index contributed by atoms with van der Waals surface area (Å²) in [5.41, 5.74) is 1.88. The summed E-state index contributed by atoms with van der Waals surface area (Å²) in [5.74, 6) is 2.08. The first-order chi connectivity index (χ1) is 19.4. The number of allylic oxidation sites excluding steroid dienone is 1. The van der Waals surface area contributed by atoms with Crippen molar-refractivity contribution in [2.45, 2.75) is 112 Å². The number of aliphatic hydroxyl groups excluding tert-OH is 2. The predicted octanol–water partition coefficient (Wildman–Crippen LogP) is 7.72. The van der Waals surface area contributed by atoms with Gasteiger partial charge in [0.1, 0.15) is 6.61 Å². The Hall–Kier alpha value is -1.65. The summed E-state index contributed by atoms with van der Waals surface area (Å²) in [6, 6.07) is 10.1. The van der Waals surface area contributed by atoms with Crippen LogP contribution in [0.25, 0.3) is 0 Å². The number of aliphatic hydroxyl groups is 2. The average Bonchev–Trinajstić information content (AvgIpc) is 3.36. The van der Waals surface area contributed by atoms with Crippen molar-refractivity contribution in [1.82, 2.24) is 0 Å². The highest BCUT2D eigenvalue weighted by molar-refractivity contribution is 5.78. The van der Waals surface area contributed by atoms with Crippen LogP contribution in [-0.4, -0.2) is 28.9 Å². The molecule has 0 amide bonds. The minimum atomic E-state index is -0.424. The first-order valence-electron chi connectivity index (χ1n) is 16.5. The second-order valence-corrected chi connectivity index (χ2v) is 16.1. The highest BCUT2D eigenvalue weighted by Gasteiger charge is 2.72. The van der Waals surface area contributed by atoms with Crippen molar-refractivity contribution >= 4 is 5.97 Å². The lowest BCUT2D eigenvalue weighted by Crippen LogP contribution is -2.67. The largest absolute Gasteiger partial charge is 0.460 e. The lowest BCUT2D eigenvalue weighted by molar-refractivity contribution is -0.254.